The monoisotopic (exact) mass is 572 g/mol. The number of benzene rings is 2. The average Bonchev–Trinajstić information content (AvgIpc) is 2.89. The molecule has 3 atom stereocenters. The van der Waals surface area contributed by atoms with Crippen molar-refractivity contribution in [1.82, 2.24) is 16.0 Å². The number of ketones is 1. The quantitative estimate of drug-likeness (QED) is 0.255. The number of alkyl halides is 1. The van der Waals surface area contributed by atoms with Gasteiger partial charge < -0.3 is 26.4 Å². The molecule has 0 aliphatic carbocycles. The zero-order valence-electron chi connectivity index (χ0n) is 22.9. The molecule has 40 heavy (non-hydrogen) atoms. The fourth-order valence-corrected chi connectivity index (χ4v) is 4.00. The van der Waals surface area contributed by atoms with Crippen LogP contribution in [0.5, 0.6) is 0 Å². The summed E-state index contributed by atoms with van der Waals surface area (Å²) in [5.74, 6) is -3.12. The molecule has 0 radical (unpaired) electrons. The van der Waals surface area contributed by atoms with E-state index < -0.39 is 59.7 Å². The maximum absolute atomic E-state index is 13.3. The number of ether oxygens (including phenoxy) is 1. The van der Waals surface area contributed by atoms with Crippen LogP contribution in [0.15, 0.2) is 60.7 Å². The number of Topliss-reactive ketones (excluding diaryl/α,β-unsaturated/α-hetero) is 1. The number of alkyl carbamates (subject to hydrolysis) is 1. The lowest BCUT2D eigenvalue weighted by molar-refractivity contribution is -0.133. The highest BCUT2D eigenvalue weighted by atomic mass is 35.5. The minimum Gasteiger partial charge on any atom is -0.444 e. The summed E-state index contributed by atoms with van der Waals surface area (Å²) < 4.78 is 5.30. The number of amides is 4. The number of hydrogen-bond acceptors (Lipinski definition) is 6. The molecule has 0 aliphatic rings. The molecule has 10 nitrogen and oxygen atoms in total. The summed E-state index contributed by atoms with van der Waals surface area (Å²) in [5.41, 5.74) is 6.27. The molecule has 0 unspecified atom stereocenters. The Labute approximate surface area is 239 Å². The van der Waals surface area contributed by atoms with E-state index in [1.807, 2.05) is 36.4 Å². The van der Waals surface area contributed by atoms with Crippen LogP contribution in [0.4, 0.5) is 4.79 Å². The number of aryl methyl sites for hydroxylation is 1. The van der Waals surface area contributed by atoms with Crippen LogP contribution < -0.4 is 21.7 Å². The third kappa shape index (κ3) is 11.9. The van der Waals surface area contributed by atoms with Gasteiger partial charge in [0.1, 0.15) is 17.7 Å². The van der Waals surface area contributed by atoms with Crippen molar-refractivity contribution in [3.63, 3.8) is 0 Å². The lowest BCUT2D eigenvalue weighted by atomic mass is 10.0. The lowest BCUT2D eigenvalue weighted by Crippen LogP contribution is -2.57. The first-order chi connectivity index (χ1) is 18.9. The highest BCUT2D eigenvalue weighted by Gasteiger charge is 2.31. The van der Waals surface area contributed by atoms with Gasteiger partial charge in [0.05, 0.1) is 18.3 Å². The Bertz CT molecular complexity index is 1150. The molecule has 0 spiro atoms. The van der Waals surface area contributed by atoms with Crippen LogP contribution in [0.2, 0.25) is 0 Å². The summed E-state index contributed by atoms with van der Waals surface area (Å²) >= 11 is 5.77. The van der Waals surface area contributed by atoms with Gasteiger partial charge in [-0.2, -0.15) is 0 Å². The Kier molecular flexibility index (Phi) is 12.6. The highest BCUT2D eigenvalue weighted by Crippen LogP contribution is 2.11. The van der Waals surface area contributed by atoms with Crippen molar-refractivity contribution in [2.45, 2.75) is 70.2 Å². The smallest absolute Gasteiger partial charge is 0.408 e. The molecule has 11 heteroatoms. The van der Waals surface area contributed by atoms with E-state index in [9.17, 15) is 24.0 Å². The van der Waals surface area contributed by atoms with Gasteiger partial charge in [-0.15, -0.1) is 11.6 Å². The Morgan fingerprint density at radius 1 is 0.800 bits per heavy atom. The third-order valence-electron chi connectivity index (χ3n) is 5.73. The van der Waals surface area contributed by atoms with E-state index in [0.29, 0.717) is 6.42 Å². The summed E-state index contributed by atoms with van der Waals surface area (Å²) in [6.45, 7) is 5.06. The van der Waals surface area contributed by atoms with Gasteiger partial charge in [-0.3, -0.25) is 19.2 Å². The summed E-state index contributed by atoms with van der Waals surface area (Å²) in [6, 6.07) is 14.8. The van der Waals surface area contributed by atoms with E-state index in [1.54, 1.807) is 45.0 Å². The fraction of sp³-hybridized carbons (Fsp3) is 0.414. The Hall–Kier alpha value is -3.92. The SMILES string of the molecule is CC(C)(C)OC(=O)N[C@@H](CCc1ccccc1)C(=O)N[C@@H](CC(N)=O)C(=O)N[C@@H](Cc1ccccc1)C(=O)CCl. The number of hydrogen-bond donors (Lipinski definition) is 4. The second-order valence-electron chi connectivity index (χ2n) is 10.3. The number of nitrogens with one attached hydrogen (secondary N) is 3. The number of primary amides is 1. The normalized spacial score (nSPS) is 13.3. The molecule has 0 bridgehead atoms. The molecule has 2 aromatic rings. The highest BCUT2D eigenvalue weighted by molar-refractivity contribution is 6.28. The van der Waals surface area contributed by atoms with E-state index in [2.05, 4.69) is 16.0 Å². The van der Waals surface area contributed by atoms with Gasteiger partial charge in [0, 0.05) is 0 Å². The standard InChI is InChI=1S/C29H37ClN4O6/c1-29(2,3)40-28(39)34-21(15-14-19-10-6-4-7-11-19)26(37)33-23(17-25(31)36)27(38)32-22(24(35)18-30)16-20-12-8-5-9-13-20/h4-13,21-23H,14-18H2,1-3H3,(H2,31,36)(H,32,38)(H,33,37)(H,34,39)/t21-,22-,23-/m0/s1. The first-order valence-electron chi connectivity index (χ1n) is 12.9. The van der Waals surface area contributed by atoms with Crippen LogP contribution >= 0.6 is 11.6 Å². The van der Waals surface area contributed by atoms with E-state index in [-0.39, 0.29) is 18.7 Å². The van der Waals surface area contributed by atoms with Crippen LogP contribution in [-0.2, 0) is 36.8 Å². The van der Waals surface area contributed by atoms with Crippen LogP contribution in [-0.4, -0.2) is 59.2 Å². The van der Waals surface area contributed by atoms with Crippen molar-refractivity contribution in [2.75, 3.05) is 5.88 Å². The van der Waals surface area contributed by atoms with Crippen molar-refractivity contribution in [2.24, 2.45) is 5.73 Å². The minimum absolute atomic E-state index is 0.162. The first kappa shape index (κ1) is 32.3. The first-order valence-corrected chi connectivity index (χ1v) is 13.5. The maximum atomic E-state index is 13.3. The van der Waals surface area contributed by atoms with E-state index in [0.717, 1.165) is 11.1 Å². The molecule has 4 amide bonds. The van der Waals surface area contributed by atoms with Gasteiger partial charge in [0.15, 0.2) is 5.78 Å². The van der Waals surface area contributed by atoms with Gasteiger partial charge in [-0.25, -0.2) is 4.79 Å². The fourth-order valence-electron chi connectivity index (χ4n) is 3.82. The molecular weight excluding hydrogens is 536 g/mol. The second-order valence-corrected chi connectivity index (χ2v) is 10.6. The summed E-state index contributed by atoms with van der Waals surface area (Å²) in [4.78, 5) is 63.3. The summed E-state index contributed by atoms with van der Waals surface area (Å²) in [6.07, 6.45) is -0.559. The van der Waals surface area contributed by atoms with Crippen LogP contribution in [0.25, 0.3) is 0 Å². The lowest BCUT2D eigenvalue weighted by Gasteiger charge is -2.26. The Balaban J connectivity index is 2.21. The zero-order chi connectivity index (χ0) is 29.7. The topological polar surface area (TPSA) is 157 Å². The average molecular weight is 573 g/mol. The largest absolute Gasteiger partial charge is 0.444 e. The molecule has 0 aromatic heterocycles. The molecule has 0 saturated heterocycles. The number of nitrogens with two attached hydrogens (primary N) is 1. The van der Waals surface area contributed by atoms with Gasteiger partial charge in [-0.05, 0) is 51.2 Å². The predicted octanol–water partition coefficient (Wildman–Crippen LogP) is 2.41. The number of carbonyl (C=O) groups excluding carboxylic acids is 5. The molecule has 0 heterocycles. The van der Waals surface area contributed by atoms with Crippen molar-refractivity contribution in [3.8, 4) is 0 Å². The van der Waals surface area contributed by atoms with E-state index in [4.69, 9.17) is 22.1 Å². The number of halogens is 1. The van der Waals surface area contributed by atoms with Crippen molar-refractivity contribution >= 4 is 41.2 Å². The Morgan fingerprint density at radius 3 is 1.85 bits per heavy atom. The predicted molar refractivity (Wildman–Crippen MR) is 151 cm³/mol. The molecule has 0 aliphatic heterocycles. The van der Waals surface area contributed by atoms with Crippen molar-refractivity contribution < 1.29 is 28.7 Å². The van der Waals surface area contributed by atoms with Gasteiger partial charge in [0.25, 0.3) is 0 Å². The van der Waals surface area contributed by atoms with Gasteiger partial charge in [-0.1, -0.05) is 60.7 Å². The van der Waals surface area contributed by atoms with Crippen LogP contribution in [0.3, 0.4) is 0 Å². The second kappa shape index (κ2) is 15.6. The molecule has 2 aromatic carbocycles. The van der Waals surface area contributed by atoms with Gasteiger partial charge >= 0.3 is 6.09 Å². The summed E-state index contributed by atoms with van der Waals surface area (Å²) in [5, 5.41) is 7.65. The molecule has 0 saturated carbocycles. The molecular formula is C29H37ClN4O6. The number of carbonyl (C=O) groups is 5. The Morgan fingerprint density at radius 2 is 1.32 bits per heavy atom. The zero-order valence-corrected chi connectivity index (χ0v) is 23.7. The van der Waals surface area contributed by atoms with Crippen LogP contribution in [0.1, 0.15) is 44.7 Å². The van der Waals surface area contributed by atoms with Gasteiger partial charge in [0.2, 0.25) is 17.7 Å². The molecule has 2 rings (SSSR count). The molecule has 216 valence electrons. The molecule has 0 fully saturated rings. The molecule has 5 N–H and O–H groups in total. The third-order valence-corrected chi connectivity index (χ3v) is 5.99. The van der Waals surface area contributed by atoms with E-state index in [1.165, 1.54) is 0 Å². The minimum atomic E-state index is -1.40. The van der Waals surface area contributed by atoms with Crippen molar-refractivity contribution in [1.29, 1.82) is 0 Å². The van der Waals surface area contributed by atoms with E-state index >= 15 is 0 Å². The maximum Gasteiger partial charge on any atom is 0.408 e. The van der Waals surface area contributed by atoms with Crippen molar-refractivity contribution in [3.05, 3.63) is 71.8 Å². The van der Waals surface area contributed by atoms with Crippen LogP contribution in [0, 0.1) is 0 Å². The summed E-state index contributed by atoms with van der Waals surface area (Å²) in [7, 11) is 0. The number of rotatable bonds is 14.